The maximum atomic E-state index is 12.7. The van der Waals surface area contributed by atoms with Crippen molar-refractivity contribution in [2.75, 3.05) is 32.9 Å². The van der Waals surface area contributed by atoms with E-state index >= 15 is 0 Å². The van der Waals surface area contributed by atoms with Crippen LogP contribution in [0.2, 0.25) is 0 Å². The zero-order chi connectivity index (χ0) is 17.1. The fraction of sp³-hybridized carbons (Fsp3) is 0.588. The summed E-state index contributed by atoms with van der Waals surface area (Å²) >= 11 is 3.20. The molecule has 1 amide bonds. The Morgan fingerprint density at radius 2 is 2.25 bits per heavy atom. The predicted octanol–water partition coefficient (Wildman–Crippen LogP) is 3.03. The Morgan fingerprint density at radius 1 is 1.42 bits per heavy atom. The van der Waals surface area contributed by atoms with Crippen LogP contribution in [0.15, 0.2) is 17.4 Å². The van der Waals surface area contributed by atoms with Crippen molar-refractivity contribution in [1.29, 1.82) is 0 Å². The zero-order valence-electron chi connectivity index (χ0n) is 14.5. The van der Waals surface area contributed by atoms with E-state index in [1.165, 1.54) is 29.5 Å². The Kier molecular flexibility index (Phi) is 5.73. The second-order valence-electron chi connectivity index (χ2n) is 6.50. The van der Waals surface area contributed by atoms with Crippen molar-refractivity contribution in [3.8, 4) is 0 Å². The molecule has 3 heterocycles. The molecule has 0 N–H and O–H groups in total. The van der Waals surface area contributed by atoms with E-state index in [-0.39, 0.29) is 5.91 Å². The molecule has 2 aromatic rings. The van der Waals surface area contributed by atoms with Gasteiger partial charge in [0.15, 0.2) is 0 Å². The molecule has 0 bridgehead atoms. The molecular formula is C17H24N4OS2. The number of thiophene rings is 1. The van der Waals surface area contributed by atoms with Crippen molar-refractivity contribution >= 4 is 39.2 Å². The summed E-state index contributed by atoms with van der Waals surface area (Å²) in [6.45, 7) is 3.79. The SMILES string of the molecule is Cc1cc2c(SCC(=O)N3CCCC[C@H](N(C)C)C3)ncnc2s1. The van der Waals surface area contributed by atoms with E-state index in [4.69, 9.17) is 0 Å². The molecule has 1 atom stereocenters. The van der Waals surface area contributed by atoms with Crippen LogP contribution in [-0.4, -0.2) is 64.7 Å². The first kappa shape index (κ1) is 17.6. The van der Waals surface area contributed by atoms with Crippen LogP contribution in [0.4, 0.5) is 0 Å². The number of likely N-dealkylation sites (tertiary alicyclic amines) is 1. The number of carbonyl (C=O) groups is 1. The second kappa shape index (κ2) is 7.80. The minimum atomic E-state index is 0.215. The van der Waals surface area contributed by atoms with Gasteiger partial charge >= 0.3 is 0 Å². The number of hydrogen-bond acceptors (Lipinski definition) is 6. The molecule has 0 aromatic carbocycles. The molecule has 1 aliphatic rings. The Balaban J connectivity index is 1.65. The minimum Gasteiger partial charge on any atom is -0.340 e. The molecule has 0 spiro atoms. The van der Waals surface area contributed by atoms with E-state index in [0.717, 1.165) is 34.8 Å². The van der Waals surface area contributed by atoms with Gasteiger partial charge in [-0.25, -0.2) is 9.97 Å². The van der Waals surface area contributed by atoms with Crippen LogP contribution in [-0.2, 0) is 4.79 Å². The molecule has 0 unspecified atom stereocenters. The first-order valence-corrected chi connectivity index (χ1v) is 10.1. The molecule has 0 aliphatic carbocycles. The highest BCUT2D eigenvalue weighted by atomic mass is 32.2. The molecular weight excluding hydrogens is 340 g/mol. The van der Waals surface area contributed by atoms with Gasteiger partial charge in [-0.1, -0.05) is 18.2 Å². The number of fused-ring (bicyclic) bond motifs is 1. The number of aryl methyl sites for hydroxylation is 1. The second-order valence-corrected chi connectivity index (χ2v) is 8.70. The smallest absolute Gasteiger partial charge is 0.233 e. The number of thioether (sulfide) groups is 1. The largest absolute Gasteiger partial charge is 0.340 e. The molecule has 0 radical (unpaired) electrons. The third-order valence-corrected chi connectivity index (χ3v) is 6.43. The van der Waals surface area contributed by atoms with Crippen LogP contribution in [0.3, 0.4) is 0 Å². The topological polar surface area (TPSA) is 49.3 Å². The molecule has 0 saturated carbocycles. The lowest BCUT2D eigenvalue weighted by Gasteiger charge is -2.28. The van der Waals surface area contributed by atoms with Gasteiger partial charge in [-0.3, -0.25) is 4.79 Å². The van der Waals surface area contributed by atoms with Crippen molar-refractivity contribution in [2.45, 2.75) is 37.3 Å². The summed E-state index contributed by atoms with van der Waals surface area (Å²) in [5.74, 6) is 0.661. The van der Waals surface area contributed by atoms with Crippen LogP contribution in [0.5, 0.6) is 0 Å². The van der Waals surface area contributed by atoms with E-state index in [1.54, 1.807) is 17.7 Å². The van der Waals surface area contributed by atoms with E-state index < -0.39 is 0 Å². The fourth-order valence-corrected chi connectivity index (χ4v) is 4.85. The van der Waals surface area contributed by atoms with Crippen molar-refractivity contribution < 1.29 is 4.79 Å². The van der Waals surface area contributed by atoms with E-state index in [9.17, 15) is 4.79 Å². The Labute approximate surface area is 151 Å². The number of nitrogens with zero attached hydrogens (tertiary/aromatic N) is 4. The Morgan fingerprint density at radius 3 is 3.04 bits per heavy atom. The van der Waals surface area contributed by atoms with E-state index in [2.05, 4.69) is 42.0 Å². The summed E-state index contributed by atoms with van der Waals surface area (Å²) in [6, 6.07) is 2.58. The maximum Gasteiger partial charge on any atom is 0.233 e. The fourth-order valence-electron chi connectivity index (χ4n) is 3.06. The first-order chi connectivity index (χ1) is 11.5. The number of carbonyl (C=O) groups excluding carboxylic acids is 1. The monoisotopic (exact) mass is 364 g/mol. The van der Waals surface area contributed by atoms with Gasteiger partial charge in [0.2, 0.25) is 5.91 Å². The molecule has 7 heteroatoms. The molecule has 1 saturated heterocycles. The molecule has 5 nitrogen and oxygen atoms in total. The quantitative estimate of drug-likeness (QED) is 0.616. The summed E-state index contributed by atoms with van der Waals surface area (Å²) in [6.07, 6.45) is 5.06. The summed E-state index contributed by atoms with van der Waals surface area (Å²) in [5, 5.41) is 1.98. The summed E-state index contributed by atoms with van der Waals surface area (Å²) in [7, 11) is 4.20. The highest BCUT2D eigenvalue weighted by molar-refractivity contribution is 8.00. The Hall–Kier alpha value is -1.18. The van der Waals surface area contributed by atoms with Crippen LogP contribution in [0, 0.1) is 6.92 Å². The van der Waals surface area contributed by atoms with Crippen LogP contribution in [0.1, 0.15) is 24.1 Å². The first-order valence-electron chi connectivity index (χ1n) is 8.32. The normalized spacial score (nSPS) is 19.0. The van der Waals surface area contributed by atoms with Crippen molar-refractivity contribution in [3.63, 3.8) is 0 Å². The number of likely N-dealkylation sites (N-methyl/N-ethyl adjacent to an activating group) is 1. The predicted molar refractivity (Wildman–Crippen MR) is 101 cm³/mol. The number of hydrogen-bond donors (Lipinski definition) is 0. The Bertz CT molecular complexity index is 716. The van der Waals surface area contributed by atoms with Gasteiger partial charge in [0.05, 0.1) is 5.75 Å². The summed E-state index contributed by atoms with van der Waals surface area (Å²) in [4.78, 5) is 27.9. The molecule has 24 heavy (non-hydrogen) atoms. The highest BCUT2D eigenvalue weighted by Crippen LogP contribution is 2.30. The molecule has 3 rings (SSSR count). The number of aromatic nitrogens is 2. The van der Waals surface area contributed by atoms with Gasteiger partial charge in [-0.15, -0.1) is 11.3 Å². The standard InChI is InChI=1S/C17H24N4OS2/c1-12-8-14-16(18-11-19-17(14)24-12)23-10-15(22)21-7-5-4-6-13(9-21)20(2)3/h8,11,13H,4-7,9-10H2,1-3H3/t13-/m0/s1. The lowest BCUT2D eigenvalue weighted by atomic mass is 10.1. The van der Waals surface area contributed by atoms with Gasteiger partial charge < -0.3 is 9.80 Å². The van der Waals surface area contributed by atoms with Gasteiger partial charge in [0.1, 0.15) is 16.2 Å². The minimum absolute atomic E-state index is 0.215. The van der Waals surface area contributed by atoms with Gasteiger partial charge in [0.25, 0.3) is 0 Å². The lowest BCUT2D eigenvalue weighted by Crippen LogP contribution is -2.42. The molecule has 130 valence electrons. The number of amides is 1. The van der Waals surface area contributed by atoms with E-state index in [0.29, 0.717) is 11.8 Å². The molecule has 1 fully saturated rings. The molecule has 2 aromatic heterocycles. The molecule has 1 aliphatic heterocycles. The third-order valence-electron chi connectivity index (χ3n) is 4.48. The van der Waals surface area contributed by atoms with Crippen molar-refractivity contribution in [1.82, 2.24) is 19.8 Å². The number of rotatable bonds is 4. The van der Waals surface area contributed by atoms with Crippen molar-refractivity contribution in [3.05, 3.63) is 17.3 Å². The third kappa shape index (κ3) is 4.07. The summed E-state index contributed by atoms with van der Waals surface area (Å²) in [5.41, 5.74) is 0. The van der Waals surface area contributed by atoms with Crippen molar-refractivity contribution in [2.24, 2.45) is 0 Å². The maximum absolute atomic E-state index is 12.7. The van der Waals surface area contributed by atoms with E-state index in [1.807, 2.05) is 4.90 Å². The average Bonchev–Trinajstić information content (AvgIpc) is 2.78. The highest BCUT2D eigenvalue weighted by Gasteiger charge is 2.23. The van der Waals surface area contributed by atoms with Gasteiger partial charge in [0, 0.05) is 29.4 Å². The zero-order valence-corrected chi connectivity index (χ0v) is 16.1. The lowest BCUT2D eigenvalue weighted by molar-refractivity contribution is -0.128. The van der Waals surface area contributed by atoms with Gasteiger partial charge in [-0.2, -0.15) is 0 Å². The van der Waals surface area contributed by atoms with Gasteiger partial charge in [-0.05, 0) is 39.9 Å². The van der Waals surface area contributed by atoms with Crippen LogP contribution < -0.4 is 0 Å². The van der Waals surface area contributed by atoms with Crippen LogP contribution in [0.25, 0.3) is 10.2 Å². The van der Waals surface area contributed by atoms with Crippen LogP contribution >= 0.6 is 23.1 Å². The summed E-state index contributed by atoms with van der Waals surface area (Å²) < 4.78 is 0. The average molecular weight is 365 g/mol.